The smallest absolute Gasteiger partial charge is 0.224 e. The normalized spacial score (nSPS) is 24.1. The highest BCUT2D eigenvalue weighted by molar-refractivity contribution is 5.78. The molecule has 4 nitrogen and oxygen atoms in total. The summed E-state index contributed by atoms with van der Waals surface area (Å²) in [6.45, 7) is 1.00. The predicted octanol–water partition coefficient (Wildman–Crippen LogP) is 1.73. The average Bonchev–Trinajstić information content (AvgIpc) is 2.40. The first-order chi connectivity index (χ1) is 9.65. The fourth-order valence-electron chi connectivity index (χ4n) is 3.34. The van der Waals surface area contributed by atoms with E-state index in [9.17, 15) is 9.90 Å². The summed E-state index contributed by atoms with van der Waals surface area (Å²) in [5, 5.41) is 16.0. The van der Waals surface area contributed by atoms with Crippen LogP contribution in [0.3, 0.4) is 0 Å². The van der Waals surface area contributed by atoms with Crippen LogP contribution in [-0.2, 0) is 11.2 Å². The van der Waals surface area contributed by atoms with E-state index < -0.39 is 0 Å². The van der Waals surface area contributed by atoms with Gasteiger partial charge >= 0.3 is 0 Å². The molecule has 3 N–H and O–H groups in total. The monoisotopic (exact) mass is 274 g/mol. The van der Waals surface area contributed by atoms with E-state index in [1.165, 1.54) is 19.3 Å². The van der Waals surface area contributed by atoms with Crippen LogP contribution >= 0.6 is 0 Å². The Balaban J connectivity index is 1.52. The van der Waals surface area contributed by atoms with Gasteiger partial charge in [0, 0.05) is 11.6 Å². The van der Waals surface area contributed by atoms with Crippen molar-refractivity contribution in [2.24, 2.45) is 0 Å². The van der Waals surface area contributed by atoms with Gasteiger partial charge in [-0.3, -0.25) is 4.79 Å². The van der Waals surface area contributed by atoms with Crippen LogP contribution in [0.4, 0.5) is 0 Å². The second-order valence-corrected chi connectivity index (χ2v) is 6.16. The van der Waals surface area contributed by atoms with Crippen LogP contribution in [0.15, 0.2) is 24.3 Å². The Kier molecular flexibility index (Phi) is 3.66. The summed E-state index contributed by atoms with van der Waals surface area (Å²) in [6, 6.07) is 7.14. The van der Waals surface area contributed by atoms with Crippen molar-refractivity contribution in [2.45, 2.75) is 50.1 Å². The average molecular weight is 274 g/mol. The van der Waals surface area contributed by atoms with Gasteiger partial charge in [-0.1, -0.05) is 12.1 Å². The van der Waals surface area contributed by atoms with Crippen LogP contribution < -0.4 is 10.6 Å². The predicted molar refractivity (Wildman–Crippen MR) is 77.6 cm³/mol. The minimum absolute atomic E-state index is 0.0806. The lowest BCUT2D eigenvalue weighted by atomic mass is 9.70. The maximum Gasteiger partial charge on any atom is 0.224 e. The molecule has 1 heterocycles. The van der Waals surface area contributed by atoms with Crippen molar-refractivity contribution in [3.8, 4) is 5.75 Å². The van der Waals surface area contributed by atoms with Gasteiger partial charge in [-0.15, -0.1) is 0 Å². The highest BCUT2D eigenvalue weighted by Crippen LogP contribution is 2.38. The number of benzene rings is 1. The van der Waals surface area contributed by atoms with Crippen molar-refractivity contribution in [3.05, 3.63) is 29.8 Å². The van der Waals surface area contributed by atoms with Gasteiger partial charge in [0.05, 0.1) is 6.42 Å². The van der Waals surface area contributed by atoms with E-state index >= 15 is 0 Å². The molecule has 0 radical (unpaired) electrons. The van der Waals surface area contributed by atoms with Crippen LogP contribution in [0.2, 0.25) is 0 Å². The first kappa shape index (κ1) is 13.4. The molecule has 1 saturated carbocycles. The van der Waals surface area contributed by atoms with Gasteiger partial charge in [0.1, 0.15) is 5.75 Å². The fourth-order valence-corrected chi connectivity index (χ4v) is 3.34. The van der Waals surface area contributed by atoms with Crippen LogP contribution in [0.25, 0.3) is 0 Å². The summed E-state index contributed by atoms with van der Waals surface area (Å²) in [7, 11) is 0. The Morgan fingerprint density at radius 3 is 2.75 bits per heavy atom. The summed E-state index contributed by atoms with van der Waals surface area (Å²) in [4.78, 5) is 12.1. The van der Waals surface area contributed by atoms with Gasteiger partial charge < -0.3 is 15.7 Å². The first-order valence-electron chi connectivity index (χ1n) is 7.48. The SMILES string of the molecule is O=C(Cc1ccc(O)cc1)NC1CCNC2(CCC2)C1. The molecule has 1 unspecified atom stereocenters. The molecule has 0 bridgehead atoms. The summed E-state index contributed by atoms with van der Waals surface area (Å²) in [5.74, 6) is 0.316. The van der Waals surface area contributed by atoms with Crippen LogP contribution in [0.5, 0.6) is 5.75 Å². The number of phenolic OH excluding ortho intramolecular Hbond substituents is 1. The second kappa shape index (κ2) is 5.44. The number of rotatable bonds is 3. The third-order valence-corrected chi connectivity index (χ3v) is 4.61. The molecular formula is C16H22N2O2. The van der Waals surface area contributed by atoms with Crippen molar-refractivity contribution < 1.29 is 9.90 Å². The van der Waals surface area contributed by atoms with Crippen LogP contribution in [0, 0.1) is 0 Å². The quantitative estimate of drug-likeness (QED) is 0.786. The molecule has 1 saturated heterocycles. The number of aromatic hydroxyl groups is 1. The zero-order valence-electron chi connectivity index (χ0n) is 11.7. The largest absolute Gasteiger partial charge is 0.508 e. The zero-order chi connectivity index (χ0) is 14.0. The molecular weight excluding hydrogens is 252 g/mol. The fraction of sp³-hybridized carbons (Fsp3) is 0.562. The third-order valence-electron chi connectivity index (χ3n) is 4.61. The van der Waals surface area contributed by atoms with Gasteiger partial charge in [-0.2, -0.15) is 0 Å². The maximum absolute atomic E-state index is 12.1. The standard InChI is InChI=1S/C16H22N2O2/c19-14-4-2-12(3-5-14)10-15(20)18-13-6-9-17-16(11-13)7-1-8-16/h2-5,13,17,19H,1,6-11H2,(H,18,20). The first-order valence-corrected chi connectivity index (χ1v) is 7.48. The molecule has 1 aliphatic heterocycles. The van der Waals surface area contributed by atoms with Crippen molar-refractivity contribution in [2.75, 3.05) is 6.54 Å². The van der Waals surface area contributed by atoms with E-state index in [0.717, 1.165) is 24.9 Å². The number of nitrogens with one attached hydrogen (secondary N) is 2. The Hall–Kier alpha value is -1.55. The van der Waals surface area contributed by atoms with Gasteiger partial charge in [-0.25, -0.2) is 0 Å². The molecule has 2 fully saturated rings. The van der Waals surface area contributed by atoms with E-state index in [0.29, 0.717) is 18.0 Å². The number of carbonyl (C=O) groups is 1. The number of carbonyl (C=O) groups excluding carboxylic acids is 1. The minimum Gasteiger partial charge on any atom is -0.508 e. The van der Waals surface area contributed by atoms with Gasteiger partial charge in [-0.05, 0) is 56.3 Å². The summed E-state index contributed by atoms with van der Waals surface area (Å²) >= 11 is 0. The number of hydrogen-bond acceptors (Lipinski definition) is 3. The molecule has 3 rings (SSSR count). The number of hydrogen-bond donors (Lipinski definition) is 3. The molecule has 1 aliphatic carbocycles. The Morgan fingerprint density at radius 2 is 2.10 bits per heavy atom. The molecule has 108 valence electrons. The summed E-state index contributed by atoms with van der Waals surface area (Å²) in [6.07, 6.45) is 6.27. The van der Waals surface area contributed by atoms with Crippen molar-refractivity contribution in [3.63, 3.8) is 0 Å². The number of amides is 1. The third kappa shape index (κ3) is 2.96. The van der Waals surface area contributed by atoms with E-state index in [1.807, 2.05) is 0 Å². The highest BCUT2D eigenvalue weighted by Gasteiger charge is 2.41. The molecule has 1 atom stereocenters. The lowest BCUT2D eigenvalue weighted by Crippen LogP contribution is -2.59. The zero-order valence-corrected chi connectivity index (χ0v) is 11.7. The highest BCUT2D eigenvalue weighted by atomic mass is 16.3. The lowest BCUT2D eigenvalue weighted by molar-refractivity contribution is -0.121. The molecule has 4 heteroatoms. The van der Waals surface area contributed by atoms with E-state index in [4.69, 9.17) is 0 Å². The van der Waals surface area contributed by atoms with E-state index in [-0.39, 0.29) is 11.7 Å². The van der Waals surface area contributed by atoms with E-state index in [1.54, 1.807) is 24.3 Å². The topological polar surface area (TPSA) is 61.4 Å². The Bertz CT molecular complexity index is 480. The van der Waals surface area contributed by atoms with Crippen molar-refractivity contribution in [1.29, 1.82) is 0 Å². The molecule has 1 aromatic rings. The van der Waals surface area contributed by atoms with Crippen LogP contribution in [-0.4, -0.2) is 29.1 Å². The second-order valence-electron chi connectivity index (χ2n) is 6.16. The molecule has 2 aliphatic rings. The number of piperidine rings is 1. The molecule has 1 spiro atoms. The van der Waals surface area contributed by atoms with Crippen molar-refractivity contribution >= 4 is 5.91 Å². The van der Waals surface area contributed by atoms with Gasteiger partial charge in [0.15, 0.2) is 0 Å². The Morgan fingerprint density at radius 1 is 1.35 bits per heavy atom. The van der Waals surface area contributed by atoms with Gasteiger partial charge in [0.2, 0.25) is 5.91 Å². The Labute approximate surface area is 119 Å². The maximum atomic E-state index is 12.1. The molecule has 1 aromatic carbocycles. The van der Waals surface area contributed by atoms with Crippen LogP contribution in [0.1, 0.15) is 37.7 Å². The van der Waals surface area contributed by atoms with Gasteiger partial charge in [0.25, 0.3) is 0 Å². The lowest BCUT2D eigenvalue weighted by Gasteiger charge is -2.48. The number of phenols is 1. The minimum atomic E-state index is 0.0806. The molecule has 1 amide bonds. The van der Waals surface area contributed by atoms with Crippen molar-refractivity contribution in [1.82, 2.24) is 10.6 Å². The molecule has 0 aromatic heterocycles. The molecule has 20 heavy (non-hydrogen) atoms. The summed E-state index contributed by atoms with van der Waals surface area (Å²) < 4.78 is 0. The summed E-state index contributed by atoms with van der Waals surface area (Å²) in [5.41, 5.74) is 1.25. The van der Waals surface area contributed by atoms with E-state index in [2.05, 4.69) is 10.6 Å².